The van der Waals surface area contributed by atoms with Gasteiger partial charge < -0.3 is 0 Å². The Hall–Kier alpha value is -3.79. The molecule has 0 unspecified atom stereocenters. The molecule has 0 saturated carbocycles. The fourth-order valence-electron chi connectivity index (χ4n) is 3.06. The SMILES string of the molecule is O=c1[nH]nc(SCc2cc(=O)n3ccccc3n2)n2nc(-c3ccc(F)cc3)cc12. The number of aromatic nitrogens is 6. The number of aromatic amines is 1. The highest BCUT2D eigenvalue weighted by Gasteiger charge is 2.13. The van der Waals surface area contributed by atoms with Gasteiger partial charge in [-0.25, -0.2) is 19.0 Å². The molecule has 0 bridgehead atoms. The number of fused-ring (bicyclic) bond motifs is 2. The van der Waals surface area contributed by atoms with E-state index in [1.807, 2.05) is 6.07 Å². The lowest BCUT2D eigenvalue weighted by Crippen LogP contribution is -2.15. The van der Waals surface area contributed by atoms with Crippen molar-refractivity contribution in [1.29, 1.82) is 0 Å². The summed E-state index contributed by atoms with van der Waals surface area (Å²) < 4.78 is 16.1. The average Bonchev–Trinajstić information content (AvgIpc) is 3.20. The van der Waals surface area contributed by atoms with Crippen molar-refractivity contribution in [3.05, 3.63) is 93.0 Å². The Balaban J connectivity index is 1.50. The molecule has 0 atom stereocenters. The molecule has 0 amide bonds. The molecule has 0 fully saturated rings. The predicted molar refractivity (Wildman–Crippen MR) is 110 cm³/mol. The van der Waals surface area contributed by atoms with Crippen LogP contribution in [0.5, 0.6) is 0 Å². The first kappa shape index (κ1) is 18.3. The second-order valence-corrected chi connectivity index (χ2v) is 7.41. The Bertz CT molecular complexity index is 1510. The molecule has 1 N–H and O–H groups in total. The molecule has 5 aromatic rings. The van der Waals surface area contributed by atoms with Crippen molar-refractivity contribution in [1.82, 2.24) is 29.2 Å². The Kier molecular flexibility index (Phi) is 4.40. The van der Waals surface area contributed by atoms with Gasteiger partial charge in [-0.2, -0.15) is 5.10 Å². The third-order valence-corrected chi connectivity index (χ3v) is 5.45. The summed E-state index contributed by atoms with van der Waals surface area (Å²) in [6, 6.07) is 14.3. The quantitative estimate of drug-likeness (QED) is 0.449. The van der Waals surface area contributed by atoms with Gasteiger partial charge in [-0.05, 0) is 42.5 Å². The molecule has 5 rings (SSSR count). The number of thioether (sulfide) groups is 1. The Morgan fingerprint density at radius 2 is 1.90 bits per heavy atom. The van der Waals surface area contributed by atoms with E-state index in [0.29, 0.717) is 39.0 Å². The highest BCUT2D eigenvalue weighted by atomic mass is 32.2. The van der Waals surface area contributed by atoms with Crippen LogP contribution >= 0.6 is 11.8 Å². The average molecular weight is 420 g/mol. The maximum atomic E-state index is 13.2. The molecule has 10 heteroatoms. The summed E-state index contributed by atoms with van der Waals surface area (Å²) in [5, 5.41) is 11.4. The molecule has 30 heavy (non-hydrogen) atoms. The summed E-state index contributed by atoms with van der Waals surface area (Å²) in [6.45, 7) is 0. The number of hydrogen-bond donors (Lipinski definition) is 1. The van der Waals surface area contributed by atoms with Gasteiger partial charge in [0.05, 0.1) is 11.4 Å². The molecule has 0 aliphatic heterocycles. The van der Waals surface area contributed by atoms with Gasteiger partial charge in [0, 0.05) is 23.6 Å². The van der Waals surface area contributed by atoms with Gasteiger partial charge in [0.1, 0.15) is 17.0 Å². The first-order chi connectivity index (χ1) is 14.6. The predicted octanol–water partition coefficient (Wildman–Crippen LogP) is 2.52. The van der Waals surface area contributed by atoms with Crippen LogP contribution in [0.15, 0.2) is 75.5 Å². The molecule has 4 aromatic heterocycles. The Morgan fingerprint density at radius 3 is 2.73 bits per heavy atom. The fraction of sp³-hybridized carbons (Fsp3) is 0.0500. The fourth-order valence-corrected chi connectivity index (χ4v) is 3.86. The molecule has 0 spiro atoms. The molecule has 0 aliphatic carbocycles. The van der Waals surface area contributed by atoms with Crippen LogP contribution in [0.25, 0.3) is 22.4 Å². The second-order valence-electron chi connectivity index (χ2n) is 6.47. The summed E-state index contributed by atoms with van der Waals surface area (Å²) in [4.78, 5) is 28.9. The summed E-state index contributed by atoms with van der Waals surface area (Å²) in [5.74, 6) is 0.0117. The number of rotatable bonds is 4. The van der Waals surface area contributed by atoms with Gasteiger partial charge in [0.2, 0.25) is 5.16 Å². The van der Waals surface area contributed by atoms with Gasteiger partial charge in [-0.3, -0.25) is 14.0 Å². The summed E-state index contributed by atoms with van der Waals surface area (Å²) in [5.41, 5.74) is 2.10. The first-order valence-electron chi connectivity index (χ1n) is 8.93. The van der Waals surface area contributed by atoms with Crippen molar-refractivity contribution < 1.29 is 4.39 Å². The third kappa shape index (κ3) is 3.26. The zero-order valence-corrected chi connectivity index (χ0v) is 16.1. The number of nitrogens with one attached hydrogen (secondary N) is 1. The first-order valence-corrected chi connectivity index (χ1v) is 9.91. The summed E-state index contributed by atoms with van der Waals surface area (Å²) in [6.07, 6.45) is 1.66. The topological polar surface area (TPSA) is 97.4 Å². The monoisotopic (exact) mass is 420 g/mol. The largest absolute Gasteiger partial charge is 0.290 e. The van der Waals surface area contributed by atoms with Crippen molar-refractivity contribution in [2.45, 2.75) is 10.9 Å². The minimum absolute atomic E-state index is 0.173. The van der Waals surface area contributed by atoms with Crippen molar-refractivity contribution in [2.24, 2.45) is 0 Å². The van der Waals surface area contributed by atoms with Crippen molar-refractivity contribution in [2.75, 3.05) is 0 Å². The standard InChI is InChI=1S/C20H13FN6O2S/c21-13-6-4-12(5-7-13)15-10-16-19(29)23-24-20(27(16)25-15)30-11-14-9-18(28)26-8-2-1-3-17(26)22-14/h1-10H,11H2,(H,23,29). The molecule has 8 nitrogen and oxygen atoms in total. The Labute approximate surface area is 172 Å². The van der Waals surface area contributed by atoms with E-state index in [0.717, 1.165) is 0 Å². The molecular weight excluding hydrogens is 407 g/mol. The van der Waals surface area contributed by atoms with E-state index < -0.39 is 0 Å². The van der Waals surface area contributed by atoms with E-state index in [1.54, 1.807) is 36.5 Å². The van der Waals surface area contributed by atoms with Crippen molar-refractivity contribution in [3.8, 4) is 11.3 Å². The molecular formula is C20H13FN6O2S. The van der Waals surface area contributed by atoms with E-state index in [4.69, 9.17) is 0 Å². The highest BCUT2D eigenvalue weighted by Crippen LogP contribution is 2.23. The van der Waals surface area contributed by atoms with Crippen LogP contribution in [0.3, 0.4) is 0 Å². The van der Waals surface area contributed by atoms with Gasteiger partial charge in [0.25, 0.3) is 11.1 Å². The molecule has 4 heterocycles. The van der Waals surface area contributed by atoms with Gasteiger partial charge in [-0.1, -0.05) is 17.8 Å². The lowest BCUT2D eigenvalue weighted by molar-refractivity contribution is 0.628. The van der Waals surface area contributed by atoms with Gasteiger partial charge in [-0.15, -0.1) is 5.10 Å². The van der Waals surface area contributed by atoms with Crippen LogP contribution in [0.2, 0.25) is 0 Å². The van der Waals surface area contributed by atoms with E-state index in [1.165, 1.54) is 38.9 Å². The number of halogens is 1. The second kappa shape index (κ2) is 7.23. The molecule has 1 aromatic carbocycles. The minimum atomic E-state index is -0.387. The lowest BCUT2D eigenvalue weighted by atomic mass is 10.1. The number of nitrogens with zero attached hydrogens (tertiary/aromatic N) is 5. The minimum Gasteiger partial charge on any atom is -0.269 e. The van der Waals surface area contributed by atoms with Gasteiger partial charge in [0.15, 0.2) is 0 Å². The number of H-pyrrole nitrogens is 1. The molecule has 0 saturated heterocycles. The lowest BCUT2D eigenvalue weighted by Gasteiger charge is -2.04. The van der Waals surface area contributed by atoms with Crippen LogP contribution in [0.4, 0.5) is 4.39 Å². The van der Waals surface area contributed by atoms with Crippen LogP contribution < -0.4 is 11.1 Å². The van der Waals surface area contributed by atoms with Gasteiger partial charge >= 0.3 is 0 Å². The number of hydrogen-bond acceptors (Lipinski definition) is 6. The zero-order chi connectivity index (χ0) is 20.7. The smallest absolute Gasteiger partial charge is 0.269 e. The Morgan fingerprint density at radius 1 is 1.07 bits per heavy atom. The van der Waals surface area contributed by atoms with E-state index in [9.17, 15) is 14.0 Å². The van der Waals surface area contributed by atoms with Crippen LogP contribution in [-0.4, -0.2) is 29.2 Å². The number of pyridine rings is 1. The summed E-state index contributed by atoms with van der Waals surface area (Å²) >= 11 is 1.29. The maximum Gasteiger partial charge on any atom is 0.290 e. The van der Waals surface area contributed by atoms with Crippen molar-refractivity contribution >= 4 is 22.9 Å². The third-order valence-electron chi connectivity index (χ3n) is 4.49. The number of benzene rings is 1. The molecule has 0 radical (unpaired) electrons. The van der Waals surface area contributed by atoms with E-state index in [2.05, 4.69) is 20.3 Å². The van der Waals surface area contributed by atoms with E-state index >= 15 is 0 Å². The molecule has 0 aliphatic rings. The normalized spacial score (nSPS) is 11.4. The van der Waals surface area contributed by atoms with Crippen LogP contribution in [0, 0.1) is 5.82 Å². The van der Waals surface area contributed by atoms with Crippen LogP contribution in [0.1, 0.15) is 5.69 Å². The van der Waals surface area contributed by atoms with Crippen LogP contribution in [-0.2, 0) is 5.75 Å². The van der Waals surface area contributed by atoms with E-state index in [-0.39, 0.29) is 16.9 Å². The zero-order valence-electron chi connectivity index (χ0n) is 15.3. The molecule has 148 valence electrons. The van der Waals surface area contributed by atoms with Crippen molar-refractivity contribution in [3.63, 3.8) is 0 Å². The highest BCUT2D eigenvalue weighted by molar-refractivity contribution is 7.98. The maximum absolute atomic E-state index is 13.2. The summed E-state index contributed by atoms with van der Waals surface area (Å²) in [7, 11) is 0.